The lowest BCUT2D eigenvalue weighted by Crippen LogP contribution is -2.14. The summed E-state index contributed by atoms with van der Waals surface area (Å²) in [6.45, 7) is 8.31. The molecule has 10 nitrogen and oxygen atoms in total. The van der Waals surface area contributed by atoms with Gasteiger partial charge in [-0.25, -0.2) is 23.9 Å². The first-order valence-electron chi connectivity index (χ1n) is 18.8. The van der Waals surface area contributed by atoms with E-state index in [2.05, 4.69) is 34.9 Å². The second-order valence-corrected chi connectivity index (χ2v) is 13.9. The minimum absolute atomic E-state index is 0.152. The number of carbonyl (C=O) groups excluding carboxylic acids is 2. The third kappa shape index (κ3) is 8.51. The van der Waals surface area contributed by atoms with Gasteiger partial charge in [-0.3, -0.25) is 0 Å². The van der Waals surface area contributed by atoms with Crippen molar-refractivity contribution in [2.75, 3.05) is 27.4 Å². The molecular weight excluding hydrogens is 782 g/mol. The smallest absolute Gasteiger partial charge is 0.355 e. The van der Waals surface area contributed by atoms with Gasteiger partial charge in [0.2, 0.25) is 11.8 Å². The zero-order chi connectivity index (χ0) is 41.5. The minimum Gasteiger partial charge on any atom is -0.481 e. The molecule has 0 spiro atoms. The van der Waals surface area contributed by atoms with Crippen LogP contribution in [0, 0.1) is 5.82 Å². The Balaban J connectivity index is 0.000000203. The number of aryl methyl sites for hydroxylation is 2. The van der Waals surface area contributed by atoms with Crippen LogP contribution in [0.3, 0.4) is 0 Å². The maximum Gasteiger partial charge on any atom is 0.355 e. The van der Waals surface area contributed by atoms with E-state index in [1.54, 1.807) is 48.7 Å². The lowest BCUT2D eigenvalue weighted by Gasteiger charge is -2.13. The Bertz CT molecular complexity index is 2620. The number of esters is 2. The number of aromatic nitrogens is 4. The highest BCUT2D eigenvalue weighted by molar-refractivity contribution is 6.31. The standard InChI is InChI=1S/C26H24ClFN2O3.C19H19ClN2O3/c1-4-16-10-11-22-19(12-16)23(20-13-18(27)14-29-25(20)32-3)24(26(31)33-5-2)30(22)15-17-8-6-7-9-21(17)28;1-4-11-6-7-15-13(8-11)16(17(22-15)19(23)25-5-2)14-9-12(20)10-21-18(14)24-3/h6-14H,4-5,15H2,1-3H3;6-10,22H,4-5H2,1-3H3. The van der Waals surface area contributed by atoms with E-state index in [1.165, 1.54) is 32.7 Å². The molecule has 7 rings (SSSR count). The number of hydrogen-bond donors (Lipinski definition) is 1. The molecule has 0 aliphatic carbocycles. The number of carbonyl (C=O) groups is 2. The number of pyridine rings is 2. The Kier molecular flexibility index (Phi) is 13.4. The van der Waals surface area contributed by atoms with Crippen LogP contribution in [-0.4, -0.2) is 58.9 Å². The van der Waals surface area contributed by atoms with Crippen molar-refractivity contribution >= 4 is 56.9 Å². The van der Waals surface area contributed by atoms with Gasteiger partial charge in [-0.1, -0.05) is 67.4 Å². The number of rotatable bonds is 12. The highest BCUT2D eigenvalue weighted by Crippen LogP contribution is 2.42. The Hall–Kier alpha value is -5.91. The van der Waals surface area contributed by atoms with E-state index < -0.39 is 11.9 Å². The number of ether oxygens (including phenoxy) is 4. The monoisotopic (exact) mass is 824 g/mol. The van der Waals surface area contributed by atoms with Gasteiger partial charge in [0.1, 0.15) is 17.2 Å². The minimum atomic E-state index is -0.514. The van der Waals surface area contributed by atoms with E-state index in [9.17, 15) is 14.0 Å². The predicted molar refractivity (Wildman–Crippen MR) is 226 cm³/mol. The van der Waals surface area contributed by atoms with Crippen molar-refractivity contribution in [2.24, 2.45) is 0 Å². The van der Waals surface area contributed by atoms with Crippen molar-refractivity contribution in [2.45, 2.75) is 47.1 Å². The molecule has 4 aromatic heterocycles. The molecule has 13 heteroatoms. The Morgan fingerprint density at radius 2 is 1.29 bits per heavy atom. The number of H-pyrrole nitrogens is 1. The molecule has 0 amide bonds. The molecule has 0 atom stereocenters. The first kappa shape index (κ1) is 41.7. The van der Waals surface area contributed by atoms with E-state index in [4.69, 9.17) is 42.1 Å². The molecule has 4 heterocycles. The second-order valence-electron chi connectivity index (χ2n) is 13.1. The largest absolute Gasteiger partial charge is 0.481 e. The summed E-state index contributed by atoms with van der Waals surface area (Å²) in [5, 5.41) is 2.59. The number of halogens is 3. The summed E-state index contributed by atoms with van der Waals surface area (Å²) in [7, 11) is 3.05. The maximum absolute atomic E-state index is 14.6. The van der Waals surface area contributed by atoms with Crippen molar-refractivity contribution in [3.8, 4) is 34.0 Å². The Morgan fingerprint density at radius 3 is 1.88 bits per heavy atom. The zero-order valence-electron chi connectivity index (χ0n) is 33.0. The molecular formula is C45H43Cl2FN4O6. The molecule has 7 aromatic rings. The lowest BCUT2D eigenvalue weighted by atomic mass is 10.0. The molecule has 0 unspecified atom stereocenters. The van der Waals surface area contributed by atoms with Gasteiger partial charge in [0, 0.05) is 62.0 Å². The number of hydrogen-bond acceptors (Lipinski definition) is 8. The summed E-state index contributed by atoms with van der Waals surface area (Å²) in [4.78, 5) is 37.5. The molecule has 58 heavy (non-hydrogen) atoms. The summed E-state index contributed by atoms with van der Waals surface area (Å²) < 4.78 is 37.9. The highest BCUT2D eigenvalue weighted by Gasteiger charge is 2.29. The molecule has 3 aromatic carbocycles. The third-order valence-electron chi connectivity index (χ3n) is 9.60. The number of nitrogens with zero attached hydrogens (tertiary/aromatic N) is 3. The van der Waals surface area contributed by atoms with Crippen LogP contribution >= 0.6 is 23.2 Å². The maximum atomic E-state index is 14.6. The number of methoxy groups -OCH3 is 2. The third-order valence-corrected chi connectivity index (χ3v) is 10.0. The second kappa shape index (κ2) is 18.6. The molecule has 0 saturated carbocycles. The molecule has 0 aliphatic rings. The molecule has 1 N–H and O–H groups in total. The van der Waals surface area contributed by atoms with Crippen molar-refractivity contribution in [1.29, 1.82) is 0 Å². The number of fused-ring (bicyclic) bond motifs is 2. The van der Waals surface area contributed by atoms with Crippen molar-refractivity contribution < 1.29 is 32.9 Å². The summed E-state index contributed by atoms with van der Waals surface area (Å²) in [5.41, 5.74) is 7.51. The average Bonchev–Trinajstić information content (AvgIpc) is 3.77. The summed E-state index contributed by atoms with van der Waals surface area (Å²) in [6, 6.07) is 22.0. The van der Waals surface area contributed by atoms with E-state index in [-0.39, 0.29) is 19.0 Å². The van der Waals surface area contributed by atoms with Crippen molar-refractivity contribution in [3.05, 3.63) is 129 Å². The van der Waals surface area contributed by atoms with E-state index >= 15 is 0 Å². The van der Waals surface area contributed by atoms with Gasteiger partial charge in [-0.05, 0) is 80.3 Å². The van der Waals surface area contributed by atoms with Crippen LogP contribution in [0.2, 0.25) is 10.0 Å². The fourth-order valence-corrected chi connectivity index (χ4v) is 7.22. The number of benzene rings is 3. The number of nitrogens with one attached hydrogen (secondary N) is 1. The van der Waals surface area contributed by atoms with Gasteiger partial charge in [-0.2, -0.15) is 0 Å². The van der Waals surface area contributed by atoms with Crippen LogP contribution in [0.25, 0.3) is 44.1 Å². The fraction of sp³-hybridized carbons (Fsp3) is 0.244. The molecule has 0 bridgehead atoms. The van der Waals surface area contributed by atoms with Gasteiger partial charge in [0.15, 0.2) is 0 Å². The van der Waals surface area contributed by atoms with Gasteiger partial charge in [0.05, 0.1) is 44.0 Å². The van der Waals surface area contributed by atoms with Crippen LogP contribution in [-0.2, 0) is 28.9 Å². The van der Waals surface area contributed by atoms with E-state index in [0.717, 1.165) is 45.8 Å². The van der Waals surface area contributed by atoms with E-state index in [0.29, 0.717) is 67.6 Å². The van der Waals surface area contributed by atoms with Gasteiger partial charge in [0.25, 0.3) is 0 Å². The molecule has 0 saturated heterocycles. The van der Waals surface area contributed by atoms with Crippen LogP contribution in [0.1, 0.15) is 65.4 Å². The molecule has 0 fully saturated rings. The van der Waals surface area contributed by atoms with Crippen LogP contribution in [0.4, 0.5) is 4.39 Å². The van der Waals surface area contributed by atoms with Gasteiger partial charge < -0.3 is 28.5 Å². The molecule has 0 aliphatic heterocycles. The average molecular weight is 826 g/mol. The van der Waals surface area contributed by atoms with E-state index in [1.807, 2.05) is 30.3 Å². The van der Waals surface area contributed by atoms with Crippen LogP contribution < -0.4 is 9.47 Å². The van der Waals surface area contributed by atoms with Crippen LogP contribution in [0.5, 0.6) is 11.8 Å². The lowest BCUT2D eigenvalue weighted by molar-refractivity contribution is 0.0508. The number of aromatic amines is 1. The fourth-order valence-electron chi connectivity index (χ4n) is 6.90. The highest BCUT2D eigenvalue weighted by atomic mass is 35.5. The van der Waals surface area contributed by atoms with Gasteiger partial charge >= 0.3 is 11.9 Å². The van der Waals surface area contributed by atoms with Crippen LogP contribution in [0.15, 0.2) is 85.2 Å². The SMILES string of the molecule is CCOC(=O)c1[nH]c2ccc(CC)cc2c1-c1cc(Cl)cnc1OC.CCOC(=O)c1c(-c2cc(Cl)cnc2OC)c2cc(CC)ccc2n1Cc1ccccc1F. The van der Waals surface area contributed by atoms with Crippen molar-refractivity contribution in [3.63, 3.8) is 0 Å². The topological polar surface area (TPSA) is 118 Å². The summed E-state index contributed by atoms with van der Waals surface area (Å²) in [6.07, 6.45) is 4.71. The molecule has 300 valence electrons. The summed E-state index contributed by atoms with van der Waals surface area (Å²) in [5.74, 6) is -0.550. The Labute approximate surface area is 345 Å². The zero-order valence-corrected chi connectivity index (χ0v) is 34.6. The normalized spacial score (nSPS) is 11.0. The van der Waals surface area contributed by atoms with Gasteiger partial charge in [-0.15, -0.1) is 0 Å². The van der Waals surface area contributed by atoms with Crippen molar-refractivity contribution in [1.82, 2.24) is 19.5 Å². The quantitative estimate of drug-likeness (QED) is 0.121. The first-order chi connectivity index (χ1) is 28.1. The summed E-state index contributed by atoms with van der Waals surface area (Å²) >= 11 is 12.4. The first-order valence-corrected chi connectivity index (χ1v) is 19.6. The predicted octanol–water partition coefficient (Wildman–Crippen LogP) is 10.9. The molecule has 0 radical (unpaired) electrons. The Morgan fingerprint density at radius 1 is 0.724 bits per heavy atom.